The number of aliphatic carboxylic acids is 1. The molecule has 0 saturated carbocycles. The number of aliphatic hydroxyl groups excluding tert-OH is 1. The van der Waals surface area contributed by atoms with Gasteiger partial charge in [-0.1, -0.05) is 34.1 Å². The number of nitrogens with one attached hydrogen (secondary N) is 3. The van der Waals surface area contributed by atoms with Crippen LogP contribution in [0.25, 0.3) is 0 Å². The van der Waals surface area contributed by atoms with Gasteiger partial charge in [-0.2, -0.15) is 0 Å². The van der Waals surface area contributed by atoms with Crippen LogP contribution in [-0.4, -0.2) is 71.2 Å². The highest BCUT2D eigenvalue weighted by atomic mass is 16.4. The van der Waals surface area contributed by atoms with Gasteiger partial charge < -0.3 is 37.6 Å². The predicted octanol–water partition coefficient (Wildman–Crippen LogP) is -0.934. The number of unbranched alkanes of at least 4 members (excludes halogenated alkanes) is 1. The molecule has 11 nitrogen and oxygen atoms in total. The highest BCUT2D eigenvalue weighted by molar-refractivity contribution is 5.94. The van der Waals surface area contributed by atoms with Crippen molar-refractivity contribution in [2.45, 2.75) is 84.0 Å². The normalized spacial score (nSPS) is 15.9. The molecule has 0 aromatic carbocycles. The number of carbonyl (C=O) groups is 4. The smallest absolute Gasteiger partial charge is 0.326 e. The molecule has 186 valence electrons. The van der Waals surface area contributed by atoms with Crippen molar-refractivity contribution < 1.29 is 29.4 Å². The van der Waals surface area contributed by atoms with Crippen molar-refractivity contribution >= 4 is 23.7 Å². The third-order valence-corrected chi connectivity index (χ3v) is 5.23. The highest BCUT2D eigenvalue weighted by Crippen LogP contribution is 2.10. The second-order valence-electron chi connectivity index (χ2n) is 8.54. The molecule has 0 aromatic heterocycles. The van der Waals surface area contributed by atoms with Crippen LogP contribution in [0.1, 0.15) is 59.8 Å². The first kappa shape index (κ1) is 29.8. The number of carbonyl (C=O) groups excluding carboxylic acids is 3. The van der Waals surface area contributed by atoms with Gasteiger partial charge in [-0.25, -0.2) is 4.79 Å². The Kier molecular flexibility index (Phi) is 14.5. The van der Waals surface area contributed by atoms with Crippen LogP contribution in [0.3, 0.4) is 0 Å². The molecule has 0 heterocycles. The van der Waals surface area contributed by atoms with E-state index in [1.165, 1.54) is 0 Å². The number of nitrogens with two attached hydrogens (primary N) is 2. The Labute approximate surface area is 190 Å². The van der Waals surface area contributed by atoms with Crippen molar-refractivity contribution in [1.29, 1.82) is 0 Å². The summed E-state index contributed by atoms with van der Waals surface area (Å²) in [5.41, 5.74) is 11.3. The van der Waals surface area contributed by atoms with E-state index < -0.39 is 54.5 Å². The molecule has 0 rings (SSSR count). The fourth-order valence-corrected chi connectivity index (χ4v) is 3.06. The largest absolute Gasteiger partial charge is 0.480 e. The maximum Gasteiger partial charge on any atom is 0.326 e. The van der Waals surface area contributed by atoms with E-state index in [-0.39, 0.29) is 18.3 Å². The number of hydrogen-bond acceptors (Lipinski definition) is 7. The van der Waals surface area contributed by atoms with Gasteiger partial charge in [0.25, 0.3) is 0 Å². The zero-order chi connectivity index (χ0) is 24.8. The number of amides is 3. The number of carboxylic acid groups (broad SMARTS) is 1. The topological polar surface area (TPSA) is 197 Å². The van der Waals surface area contributed by atoms with E-state index in [2.05, 4.69) is 16.0 Å². The van der Waals surface area contributed by atoms with Crippen molar-refractivity contribution in [3.05, 3.63) is 0 Å². The van der Waals surface area contributed by atoms with E-state index in [0.29, 0.717) is 32.2 Å². The Morgan fingerprint density at radius 2 is 1.50 bits per heavy atom. The lowest BCUT2D eigenvalue weighted by atomic mass is 9.96. The van der Waals surface area contributed by atoms with E-state index in [9.17, 15) is 29.4 Å². The van der Waals surface area contributed by atoms with Crippen molar-refractivity contribution in [2.24, 2.45) is 23.3 Å². The number of carboxylic acids is 1. The Morgan fingerprint density at radius 1 is 0.906 bits per heavy atom. The van der Waals surface area contributed by atoms with Gasteiger partial charge in [-0.15, -0.1) is 0 Å². The summed E-state index contributed by atoms with van der Waals surface area (Å²) < 4.78 is 0. The fourth-order valence-electron chi connectivity index (χ4n) is 3.06. The van der Waals surface area contributed by atoms with Crippen LogP contribution in [0.5, 0.6) is 0 Å². The summed E-state index contributed by atoms with van der Waals surface area (Å²) in [6, 6.07) is -4.28. The van der Waals surface area contributed by atoms with Gasteiger partial charge in [0.05, 0.1) is 12.6 Å². The molecule has 3 amide bonds. The molecule has 0 fully saturated rings. The first-order chi connectivity index (χ1) is 15.0. The van der Waals surface area contributed by atoms with Gasteiger partial charge in [0.2, 0.25) is 17.7 Å². The van der Waals surface area contributed by atoms with Gasteiger partial charge in [-0.05, 0) is 44.1 Å². The highest BCUT2D eigenvalue weighted by Gasteiger charge is 2.32. The lowest BCUT2D eigenvalue weighted by molar-refractivity contribution is -0.143. The molecule has 9 N–H and O–H groups in total. The zero-order valence-corrected chi connectivity index (χ0v) is 19.6. The van der Waals surface area contributed by atoms with Crippen LogP contribution in [0.4, 0.5) is 0 Å². The summed E-state index contributed by atoms with van der Waals surface area (Å²) in [4.78, 5) is 49.2. The van der Waals surface area contributed by atoms with E-state index in [1.54, 1.807) is 6.92 Å². The first-order valence-corrected chi connectivity index (χ1v) is 11.2. The maximum absolute atomic E-state index is 12.8. The molecule has 0 radical (unpaired) electrons. The van der Waals surface area contributed by atoms with E-state index in [0.717, 1.165) is 0 Å². The van der Waals surface area contributed by atoms with Gasteiger partial charge in [0.1, 0.15) is 18.1 Å². The second kappa shape index (κ2) is 15.5. The Bertz CT molecular complexity index is 615. The summed E-state index contributed by atoms with van der Waals surface area (Å²) in [5, 5.41) is 26.3. The molecule has 5 atom stereocenters. The summed E-state index contributed by atoms with van der Waals surface area (Å²) in [6.07, 6.45) is 2.29. The monoisotopic (exact) mass is 459 g/mol. The van der Waals surface area contributed by atoms with Crippen LogP contribution in [0.15, 0.2) is 0 Å². The molecule has 0 aliphatic rings. The molecular weight excluding hydrogens is 418 g/mol. The molecular formula is C21H41N5O6. The van der Waals surface area contributed by atoms with Crippen LogP contribution >= 0.6 is 0 Å². The van der Waals surface area contributed by atoms with Crippen molar-refractivity contribution in [3.63, 3.8) is 0 Å². The third-order valence-electron chi connectivity index (χ3n) is 5.23. The average Bonchev–Trinajstić information content (AvgIpc) is 2.73. The Balaban J connectivity index is 5.22. The lowest BCUT2D eigenvalue weighted by Gasteiger charge is -2.27. The van der Waals surface area contributed by atoms with Crippen molar-refractivity contribution in [2.75, 3.05) is 13.2 Å². The second-order valence-corrected chi connectivity index (χ2v) is 8.54. The Morgan fingerprint density at radius 3 is 1.97 bits per heavy atom. The molecule has 0 bridgehead atoms. The molecule has 0 aromatic rings. The van der Waals surface area contributed by atoms with Gasteiger partial charge in [-0.3, -0.25) is 14.4 Å². The molecule has 5 unspecified atom stereocenters. The summed E-state index contributed by atoms with van der Waals surface area (Å²) >= 11 is 0. The average molecular weight is 460 g/mol. The fraction of sp³-hybridized carbons (Fsp3) is 0.810. The van der Waals surface area contributed by atoms with E-state index in [4.69, 9.17) is 11.5 Å². The number of hydrogen-bond donors (Lipinski definition) is 7. The zero-order valence-electron chi connectivity index (χ0n) is 19.6. The predicted molar refractivity (Wildman–Crippen MR) is 120 cm³/mol. The molecule has 32 heavy (non-hydrogen) atoms. The Hall–Kier alpha value is -2.24. The van der Waals surface area contributed by atoms with Crippen LogP contribution in [0.2, 0.25) is 0 Å². The van der Waals surface area contributed by atoms with E-state index in [1.807, 2.05) is 20.8 Å². The van der Waals surface area contributed by atoms with Gasteiger partial charge in [0, 0.05) is 0 Å². The van der Waals surface area contributed by atoms with Crippen molar-refractivity contribution in [3.8, 4) is 0 Å². The minimum atomic E-state index is -1.37. The number of rotatable bonds is 16. The SMILES string of the molecule is CCC(C)C(NC(=O)C(N)CC(C)C)C(=O)NC(CO)C(=O)NC(CCCCN)C(=O)O. The first-order valence-electron chi connectivity index (χ1n) is 11.2. The van der Waals surface area contributed by atoms with Crippen LogP contribution in [-0.2, 0) is 19.2 Å². The molecule has 0 saturated heterocycles. The third kappa shape index (κ3) is 10.9. The molecule has 0 aliphatic heterocycles. The maximum atomic E-state index is 12.8. The molecule has 11 heteroatoms. The van der Waals surface area contributed by atoms with Crippen molar-refractivity contribution in [1.82, 2.24) is 16.0 Å². The number of aliphatic hydroxyl groups is 1. The summed E-state index contributed by atoms with van der Waals surface area (Å²) in [6.45, 7) is 7.14. The molecule has 0 aliphatic carbocycles. The van der Waals surface area contributed by atoms with Gasteiger partial charge >= 0.3 is 5.97 Å². The minimum absolute atomic E-state index is 0.170. The summed E-state index contributed by atoms with van der Waals surface area (Å²) in [5.74, 6) is -3.26. The van der Waals surface area contributed by atoms with Crippen LogP contribution in [0, 0.1) is 11.8 Å². The lowest BCUT2D eigenvalue weighted by Crippen LogP contribution is -2.59. The minimum Gasteiger partial charge on any atom is -0.480 e. The van der Waals surface area contributed by atoms with Crippen LogP contribution < -0.4 is 27.4 Å². The van der Waals surface area contributed by atoms with Gasteiger partial charge in [0.15, 0.2) is 0 Å². The van der Waals surface area contributed by atoms with E-state index >= 15 is 0 Å². The molecule has 0 spiro atoms. The standard InChI is InChI=1S/C21H41N5O6/c1-5-13(4)17(26-18(28)14(23)10-12(2)3)20(30)25-16(11-27)19(29)24-15(21(31)32)8-6-7-9-22/h12-17,27H,5-11,22-23H2,1-4H3,(H,24,29)(H,25,30)(H,26,28)(H,31,32). The summed E-state index contributed by atoms with van der Waals surface area (Å²) in [7, 11) is 0. The quantitative estimate of drug-likeness (QED) is 0.144.